The lowest BCUT2D eigenvalue weighted by Gasteiger charge is -2.29. The van der Waals surface area contributed by atoms with Gasteiger partial charge in [-0.1, -0.05) is 0 Å². The van der Waals surface area contributed by atoms with Gasteiger partial charge in [0.25, 0.3) is 0 Å². The molecule has 1 saturated heterocycles. The van der Waals surface area contributed by atoms with Gasteiger partial charge in [-0.25, -0.2) is 18.6 Å². The summed E-state index contributed by atoms with van der Waals surface area (Å²) in [5.74, 6) is -3.71. The van der Waals surface area contributed by atoms with Crippen LogP contribution in [0.15, 0.2) is 24.3 Å². The molecule has 11 heteroatoms. The van der Waals surface area contributed by atoms with E-state index in [1.54, 1.807) is 24.5 Å². The molecule has 0 aliphatic carbocycles. The number of imidazole rings is 1. The van der Waals surface area contributed by atoms with Crippen LogP contribution in [0.4, 0.5) is 27.9 Å². The van der Waals surface area contributed by atoms with Crippen molar-refractivity contribution in [1.82, 2.24) is 14.9 Å². The van der Waals surface area contributed by atoms with Crippen molar-refractivity contribution >= 4 is 23.0 Å². The van der Waals surface area contributed by atoms with Crippen LogP contribution in [0.1, 0.15) is 16.7 Å². The number of esters is 1. The fourth-order valence-electron chi connectivity index (χ4n) is 3.86. The maximum atomic E-state index is 13.8. The predicted molar refractivity (Wildman–Crippen MR) is 111 cm³/mol. The van der Waals surface area contributed by atoms with Crippen LogP contribution in [0.5, 0.6) is 5.75 Å². The fourth-order valence-corrected chi connectivity index (χ4v) is 3.86. The van der Waals surface area contributed by atoms with Gasteiger partial charge in [0.2, 0.25) is 5.95 Å². The monoisotopic (exact) mass is 468 g/mol. The van der Waals surface area contributed by atoms with Gasteiger partial charge < -0.3 is 19.5 Å². The number of benzene rings is 2. The molecule has 0 amide bonds. The van der Waals surface area contributed by atoms with E-state index in [4.69, 9.17) is 4.74 Å². The Morgan fingerprint density at radius 3 is 2.33 bits per heavy atom. The van der Waals surface area contributed by atoms with Gasteiger partial charge in [0.05, 0.1) is 12.1 Å². The third-order valence-corrected chi connectivity index (χ3v) is 5.58. The molecular formula is C22H21F5N4O2. The topological polar surface area (TPSA) is 59.4 Å². The van der Waals surface area contributed by atoms with E-state index in [-0.39, 0.29) is 17.8 Å². The van der Waals surface area contributed by atoms with Crippen LogP contribution < -0.4 is 15.0 Å². The van der Waals surface area contributed by atoms with Crippen LogP contribution in [-0.4, -0.2) is 47.9 Å². The molecule has 0 radical (unpaired) electrons. The lowest BCUT2D eigenvalue weighted by Crippen LogP contribution is -2.44. The van der Waals surface area contributed by atoms with Gasteiger partial charge >= 0.3 is 12.1 Å². The van der Waals surface area contributed by atoms with Crippen LogP contribution in [0.25, 0.3) is 11.0 Å². The summed E-state index contributed by atoms with van der Waals surface area (Å²) < 4.78 is 72.8. The maximum Gasteiger partial charge on any atom is 0.491 e. The number of alkyl halides is 3. The van der Waals surface area contributed by atoms with E-state index in [9.17, 15) is 26.7 Å². The Morgan fingerprint density at radius 1 is 1.09 bits per heavy atom. The Bertz CT molecular complexity index is 1200. The highest BCUT2D eigenvalue weighted by molar-refractivity contribution is 5.91. The molecule has 1 aromatic heterocycles. The second-order valence-corrected chi connectivity index (χ2v) is 7.92. The molecular weight excluding hydrogens is 447 g/mol. The zero-order chi connectivity index (χ0) is 23.9. The lowest BCUT2D eigenvalue weighted by atomic mass is 10.1. The highest BCUT2D eigenvalue weighted by atomic mass is 19.4. The predicted octanol–water partition coefficient (Wildman–Crippen LogP) is 3.86. The van der Waals surface area contributed by atoms with E-state index in [0.717, 1.165) is 6.07 Å². The number of hydrogen-bond donors (Lipinski definition) is 1. The van der Waals surface area contributed by atoms with Crippen LogP contribution in [0, 0.1) is 25.5 Å². The van der Waals surface area contributed by atoms with Crippen molar-refractivity contribution in [3.8, 4) is 5.75 Å². The van der Waals surface area contributed by atoms with E-state index in [2.05, 4.69) is 10.3 Å². The van der Waals surface area contributed by atoms with Crippen LogP contribution in [0.3, 0.4) is 0 Å². The van der Waals surface area contributed by atoms with Crippen molar-refractivity contribution in [2.24, 2.45) is 0 Å². The molecule has 2 aromatic carbocycles. The first-order valence-corrected chi connectivity index (χ1v) is 10.2. The van der Waals surface area contributed by atoms with Gasteiger partial charge in [0, 0.05) is 32.2 Å². The minimum Gasteiger partial charge on any atom is -0.417 e. The number of aromatic nitrogens is 2. The van der Waals surface area contributed by atoms with Gasteiger partial charge in [0.15, 0.2) is 5.75 Å². The fraction of sp³-hybridized carbons (Fsp3) is 0.364. The third kappa shape index (κ3) is 4.63. The minimum atomic E-state index is -5.18. The number of ether oxygens (including phenoxy) is 1. The van der Waals surface area contributed by atoms with Gasteiger partial charge in [-0.15, -0.1) is 0 Å². The minimum absolute atomic E-state index is 0.0135. The first-order chi connectivity index (χ1) is 15.5. The Hall–Kier alpha value is -3.21. The number of hydrogen-bond acceptors (Lipinski definition) is 5. The Labute approximate surface area is 186 Å². The van der Waals surface area contributed by atoms with Gasteiger partial charge in [-0.2, -0.15) is 13.2 Å². The number of piperazine rings is 1. The number of fused-ring (bicyclic) bond motifs is 1. The maximum absolute atomic E-state index is 13.8. The molecule has 2 heterocycles. The quantitative estimate of drug-likeness (QED) is 0.358. The van der Waals surface area contributed by atoms with Crippen molar-refractivity contribution in [3.63, 3.8) is 0 Å². The SMILES string of the molecule is Cc1cc2c(nc(N3CCNCC3)n2Cc2cc(F)cc(F)c2)c(OC(=O)C(F)(F)F)c1C. The van der Waals surface area contributed by atoms with Crippen molar-refractivity contribution in [2.45, 2.75) is 26.6 Å². The standard InChI is InChI=1S/C22H21F5N4O2/c1-12-7-17-18(19(13(12)2)33-20(32)22(25,26)27)29-21(30-5-3-28-4-6-30)31(17)11-14-8-15(23)10-16(24)9-14/h7-10,28H,3-6,11H2,1-2H3. The van der Waals surface area contributed by atoms with Gasteiger partial charge in [-0.05, 0) is 48.7 Å². The summed E-state index contributed by atoms with van der Waals surface area (Å²) in [6.07, 6.45) is -5.18. The molecule has 6 nitrogen and oxygen atoms in total. The van der Waals surface area contributed by atoms with Crippen LogP contribution in [0.2, 0.25) is 0 Å². The third-order valence-electron chi connectivity index (χ3n) is 5.58. The number of halogens is 5. The summed E-state index contributed by atoms with van der Waals surface area (Å²) in [5, 5.41) is 3.20. The van der Waals surface area contributed by atoms with E-state index >= 15 is 0 Å². The van der Waals surface area contributed by atoms with Crippen LogP contribution >= 0.6 is 0 Å². The van der Waals surface area contributed by atoms with E-state index in [1.807, 2.05) is 4.90 Å². The zero-order valence-corrected chi connectivity index (χ0v) is 17.9. The second kappa shape index (κ2) is 8.62. The zero-order valence-electron chi connectivity index (χ0n) is 17.9. The highest BCUT2D eigenvalue weighted by Gasteiger charge is 2.42. The molecule has 1 fully saturated rings. The summed E-state index contributed by atoms with van der Waals surface area (Å²) in [6.45, 7) is 5.67. The molecule has 0 atom stereocenters. The Balaban J connectivity index is 1.90. The summed E-state index contributed by atoms with van der Waals surface area (Å²) >= 11 is 0. The first kappa shape index (κ1) is 23.0. The van der Waals surface area contributed by atoms with Gasteiger partial charge in [0.1, 0.15) is 17.2 Å². The van der Waals surface area contributed by atoms with Crippen molar-refractivity contribution < 1.29 is 31.5 Å². The van der Waals surface area contributed by atoms with E-state index < -0.39 is 23.8 Å². The molecule has 1 aliphatic rings. The second-order valence-electron chi connectivity index (χ2n) is 7.92. The number of carbonyl (C=O) groups excluding carboxylic acids is 1. The molecule has 4 rings (SSSR count). The van der Waals surface area contributed by atoms with Crippen molar-refractivity contribution in [3.05, 3.63) is 52.6 Å². The van der Waals surface area contributed by atoms with Gasteiger partial charge in [-0.3, -0.25) is 0 Å². The number of anilines is 1. The molecule has 1 N–H and O–H groups in total. The first-order valence-electron chi connectivity index (χ1n) is 10.2. The lowest BCUT2D eigenvalue weighted by molar-refractivity contribution is -0.189. The molecule has 0 spiro atoms. The normalized spacial score (nSPS) is 14.7. The Kier molecular flexibility index (Phi) is 6.00. The highest BCUT2D eigenvalue weighted by Crippen LogP contribution is 2.36. The average molecular weight is 468 g/mol. The summed E-state index contributed by atoms with van der Waals surface area (Å²) in [5.41, 5.74) is 1.69. The summed E-state index contributed by atoms with van der Waals surface area (Å²) in [4.78, 5) is 18.1. The largest absolute Gasteiger partial charge is 0.491 e. The van der Waals surface area contributed by atoms with E-state index in [1.165, 1.54) is 12.1 Å². The smallest absolute Gasteiger partial charge is 0.417 e. The molecule has 3 aromatic rings. The molecule has 0 unspecified atom stereocenters. The average Bonchev–Trinajstić information content (AvgIpc) is 3.08. The molecule has 1 aliphatic heterocycles. The number of nitrogens with zero attached hydrogens (tertiary/aromatic N) is 3. The number of aryl methyl sites for hydroxylation is 1. The number of carbonyl (C=O) groups is 1. The van der Waals surface area contributed by atoms with Crippen LogP contribution in [-0.2, 0) is 11.3 Å². The molecule has 0 saturated carbocycles. The summed E-state index contributed by atoms with van der Waals surface area (Å²) in [6, 6.07) is 4.84. The summed E-state index contributed by atoms with van der Waals surface area (Å²) in [7, 11) is 0. The van der Waals surface area contributed by atoms with Crippen molar-refractivity contribution in [1.29, 1.82) is 0 Å². The molecule has 33 heavy (non-hydrogen) atoms. The molecule has 0 bridgehead atoms. The number of nitrogens with one attached hydrogen (secondary N) is 1. The van der Waals surface area contributed by atoms with E-state index in [0.29, 0.717) is 54.3 Å². The molecule has 176 valence electrons. The Morgan fingerprint density at radius 2 is 1.73 bits per heavy atom. The van der Waals surface area contributed by atoms with Crippen molar-refractivity contribution in [2.75, 3.05) is 31.1 Å². The number of rotatable bonds is 4.